The van der Waals surface area contributed by atoms with Gasteiger partial charge in [0.2, 0.25) is 0 Å². The molecule has 1 saturated heterocycles. The summed E-state index contributed by atoms with van der Waals surface area (Å²) in [7, 11) is 0. The molecule has 1 atom stereocenters. The molecule has 2 heterocycles. The Morgan fingerprint density at radius 2 is 1.96 bits per heavy atom. The van der Waals surface area contributed by atoms with E-state index < -0.39 is 0 Å². The van der Waals surface area contributed by atoms with E-state index in [1.165, 1.54) is 16.7 Å². The Kier molecular flexibility index (Phi) is 6.58. The number of piperazine rings is 1. The van der Waals surface area contributed by atoms with Gasteiger partial charge in [0.05, 0.1) is 5.69 Å². The van der Waals surface area contributed by atoms with Gasteiger partial charge in [0.1, 0.15) is 0 Å². The predicted octanol–water partition coefficient (Wildman–Crippen LogP) is 3.52. The Balaban J connectivity index is 0.00000192. The minimum Gasteiger partial charge on any atom is -0.314 e. The number of benzene rings is 1. The van der Waals surface area contributed by atoms with E-state index in [9.17, 15) is 0 Å². The average Bonchev–Trinajstić information content (AvgIpc) is 2.58. The Labute approximate surface area is 145 Å². The molecule has 2 aromatic rings. The van der Waals surface area contributed by atoms with Crippen LogP contribution in [0, 0.1) is 6.92 Å². The molecule has 0 radical (unpaired) electrons. The maximum atomic E-state index is 4.57. The zero-order chi connectivity index (χ0) is 15.4. The van der Waals surface area contributed by atoms with Crippen LogP contribution in [0.5, 0.6) is 0 Å². The second-order valence-electron chi connectivity index (χ2n) is 6.11. The van der Waals surface area contributed by atoms with Gasteiger partial charge in [-0.1, -0.05) is 37.3 Å². The van der Waals surface area contributed by atoms with Gasteiger partial charge in [-0.15, -0.1) is 12.4 Å². The van der Waals surface area contributed by atoms with Crippen molar-refractivity contribution in [3.63, 3.8) is 0 Å². The fourth-order valence-electron chi connectivity index (χ4n) is 3.04. The highest BCUT2D eigenvalue weighted by molar-refractivity contribution is 5.85. The average molecular weight is 332 g/mol. The normalized spacial score (nSPS) is 18.4. The minimum absolute atomic E-state index is 0. The molecule has 0 aliphatic carbocycles. The zero-order valence-corrected chi connectivity index (χ0v) is 14.8. The predicted molar refractivity (Wildman–Crippen MR) is 98.1 cm³/mol. The summed E-state index contributed by atoms with van der Waals surface area (Å²) >= 11 is 0. The standard InChI is InChI=1S/C19H25N3.ClH/c1-3-16-5-7-17(8-6-16)19-13-20-10-11-22(19)14-18-9-4-15(2)12-21-18;/h4-9,12,19-20H,3,10-11,13-14H2,1-2H3;1H. The van der Waals surface area contributed by atoms with E-state index in [1.54, 1.807) is 0 Å². The van der Waals surface area contributed by atoms with Crippen LogP contribution in [0.3, 0.4) is 0 Å². The summed E-state index contributed by atoms with van der Waals surface area (Å²) < 4.78 is 0. The first kappa shape index (κ1) is 17.9. The highest BCUT2D eigenvalue weighted by Gasteiger charge is 2.23. The Morgan fingerprint density at radius 1 is 1.17 bits per heavy atom. The highest BCUT2D eigenvalue weighted by atomic mass is 35.5. The molecule has 0 amide bonds. The van der Waals surface area contributed by atoms with Crippen LogP contribution in [0.25, 0.3) is 0 Å². The SMILES string of the molecule is CCc1ccc(C2CNCCN2Cc2ccc(C)cn2)cc1.Cl. The lowest BCUT2D eigenvalue weighted by Crippen LogP contribution is -2.45. The number of aromatic nitrogens is 1. The Hall–Kier alpha value is -1.42. The van der Waals surface area contributed by atoms with Crippen molar-refractivity contribution in [1.29, 1.82) is 0 Å². The summed E-state index contributed by atoms with van der Waals surface area (Å²) in [6.07, 6.45) is 3.06. The molecule has 0 bridgehead atoms. The molecular formula is C19H26ClN3. The second-order valence-corrected chi connectivity index (χ2v) is 6.11. The molecule has 1 N–H and O–H groups in total. The summed E-state index contributed by atoms with van der Waals surface area (Å²) in [5, 5.41) is 3.52. The first-order chi connectivity index (χ1) is 10.8. The van der Waals surface area contributed by atoms with Crippen molar-refractivity contribution in [2.24, 2.45) is 0 Å². The lowest BCUT2D eigenvalue weighted by atomic mass is 10.0. The number of nitrogens with zero attached hydrogens (tertiary/aromatic N) is 2. The van der Waals surface area contributed by atoms with Crippen LogP contribution in [0.2, 0.25) is 0 Å². The van der Waals surface area contributed by atoms with Crippen LogP contribution >= 0.6 is 12.4 Å². The maximum Gasteiger partial charge on any atom is 0.0544 e. The van der Waals surface area contributed by atoms with Crippen LogP contribution in [0.1, 0.15) is 35.3 Å². The van der Waals surface area contributed by atoms with Gasteiger partial charge >= 0.3 is 0 Å². The lowest BCUT2D eigenvalue weighted by Gasteiger charge is -2.36. The van der Waals surface area contributed by atoms with E-state index in [0.29, 0.717) is 6.04 Å². The van der Waals surface area contributed by atoms with E-state index >= 15 is 0 Å². The van der Waals surface area contributed by atoms with E-state index in [1.807, 2.05) is 6.20 Å². The minimum atomic E-state index is 0. The highest BCUT2D eigenvalue weighted by Crippen LogP contribution is 2.24. The number of hydrogen-bond acceptors (Lipinski definition) is 3. The second kappa shape index (κ2) is 8.44. The van der Waals surface area contributed by atoms with E-state index in [-0.39, 0.29) is 12.4 Å². The lowest BCUT2D eigenvalue weighted by molar-refractivity contribution is 0.152. The first-order valence-electron chi connectivity index (χ1n) is 8.21. The van der Waals surface area contributed by atoms with Crippen molar-refractivity contribution in [1.82, 2.24) is 15.2 Å². The van der Waals surface area contributed by atoms with Gasteiger partial charge in [-0.25, -0.2) is 0 Å². The van der Waals surface area contributed by atoms with Crippen molar-refractivity contribution in [2.75, 3.05) is 19.6 Å². The summed E-state index contributed by atoms with van der Waals surface area (Å²) in [6, 6.07) is 13.8. The van der Waals surface area contributed by atoms with Crippen LogP contribution in [0.4, 0.5) is 0 Å². The fraction of sp³-hybridized carbons (Fsp3) is 0.421. The third-order valence-electron chi connectivity index (χ3n) is 4.46. The van der Waals surface area contributed by atoms with Gasteiger partial charge in [0.15, 0.2) is 0 Å². The van der Waals surface area contributed by atoms with Crippen LogP contribution in [-0.2, 0) is 13.0 Å². The molecule has 1 aromatic carbocycles. The molecule has 0 spiro atoms. The van der Waals surface area contributed by atoms with Gasteiger partial charge in [-0.05, 0) is 36.1 Å². The molecule has 1 aliphatic heterocycles. The smallest absolute Gasteiger partial charge is 0.0544 e. The van der Waals surface area contributed by atoms with E-state index in [2.05, 4.69) is 65.4 Å². The quantitative estimate of drug-likeness (QED) is 0.929. The number of aryl methyl sites for hydroxylation is 2. The fourth-order valence-corrected chi connectivity index (χ4v) is 3.04. The van der Waals surface area contributed by atoms with Gasteiger partial charge in [0.25, 0.3) is 0 Å². The van der Waals surface area contributed by atoms with Crippen molar-refractivity contribution in [3.8, 4) is 0 Å². The summed E-state index contributed by atoms with van der Waals surface area (Å²) in [4.78, 5) is 7.10. The Bertz CT molecular complexity index is 595. The molecule has 1 aliphatic rings. The van der Waals surface area contributed by atoms with Crippen molar-refractivity contribution < 1.29 is 0 Å². The maximum absolute atomic E-state index is 4.57. The van der Waals surface area contributed by atoms with Crippen LogP contribution in [-0.4, -0.2) is 29.5 Å². The Morgan fingerprint density at radius 3 is 2.61 bits per heavy atom. The number of hydrogen-bond donors (Lipinski definition) is 1. The molecule has 4 heteroatoms. The molecule has 3 rings (SSSR count). The zero-order valence-electron chi connectivity index (χ0n) is 14.0. The van der Waals surface area contributed by atoms with Crippen molar-refractivity contribution >= 4 is 12.4 Å². The monoisotopic (exact) mass is 331 g/mol. The van der Waals surface area contributed by atoms with E-state index in [0.717, 1.165) is 38.3 Å². The molecular weight excluding hydrogens is 306 g/mol. The molecule has 1 aromatic heterocycles. The molecule has 23 heavy (non-hydrogen) atoms. The molecule has 3 nitrogen and oxygen atoms in total. The molecule has 1 fully saturated rings. The van der Waals surface area contributed by atoms with Crippen LogP contribution < -0.4 is 5.32 Å². The summed E-state index contributed by atoms with van der Waals surface area (Å²) in [5.41, 5.74) is 5.18. The van der Waals surface area contributed by atoms with E-state index in [4.69, 9.17) is 0 Å². The topological polar surface area (TPSA) is 28.2 Å². The third-order valence-corrected chi connectivity index (χ3v) is 4.46. The number of halogens is 1. The third kappa shape index (κ3) is 4.54. The molecule has 0 saturated carbocycles. The number of rotatable bonds is 4. The molecule has 124 valence electrons. The van der Waals surface area contributed by atoms with Gasteiger partial charge in [-0.2, -0.15) is 0 Å². The largest absolute Gasteiger partial charge is 0.314 e. The first-order valence-corrected chi connectivity index (χ1v) is 8.21. The van der Waals surface area contributed by atoms with Gasteiger partial charge in [0, 0.05) is 38.4 Å². The van der Waals surface area contributed by atoms with Crippen LogP contribution in [0.15, 0.2) is 42.6 Å². The van der Waals surface area contributed by atoms with Crippen molar-refractivity contribution in [2.45, 2.75) is 32.9 Å². The number of nitrogens with one attached hydrogen (secondary N) is 1. The van der Waals surface area contributed by atoms with Gasteiger partial charge < -0.3 is 5.32 Å². The summed E-state index contributed by atoms with van der Waals surface area (Å²) in [5.74, 6) is 0. The summed E-state index contributed by atoms with van der Waals surface area (Å²) in [6.45, 7) is 8.33. The number of pyridine rings is 1. The van der Waals surface area contributed by atoms with Crippen molar-refractivity contribution in [3.05, 3.63) is 65.0 Å². The van der Waals surface area contributed by atoms with Gasteiger partial charge in [-0.3, -0.25) is 9.88 Å². The molecule has 1 unspecified atom stereocenters.